The molecule has 7 aromatic heterocycles. The first-order valence-electron chi connectivity index (χ1n) is 17.8. The molecule has 0 aliphatic rings. The Balaban J connectivity index is 1.43. The number of hydrogen-bond donors (Lipinski definition) is 0. The molecule has 250 valence electrons. The summed E-state index contributed by atoms with van der Waals surface area (Å²) in [5, 5.41) is 49.1. The lowest BCUT2D eigenvalue weighted by atomic mass is 9.99. The van der Waals surface area contributed by atoms with Gasteiger partial charge in [0, 0.05) is 66.3 Å². The molecule has 0 aliphatic heterocycles. The van der Waals surface area contributed by atoms with E-state index in [1.165, 1.54) is 0 Å². The van der Waals surface area contributed by atoms with Crippen molar-refractivity contribution in [3.8, 4) is 24.3 Å². The zero-order valence-electron chi connectivity index (χ0n) is 28.7. The molecule has 56 heavy (non-hydrogen) atoms. The molecule has 0 bridgehead atoms. The van der Waals surface area contributed by atoms with Crippen molar-refractivity contribution in [2.45, 2.75) is 0 Å². The van der Waals surface area contributed by atoms with Gasteiger partial charge in [-0.05, 0) is 84.9 Å². The summed E-state index contributed by atoms with van der Waals surface area (Å²) in [7, 11) is 0. The first-order valence-corrected chi connectivity index (χ1v) is 17.8. The maximum absolute atomic E-state index is 10.4. The Labute approximate surface area is 312 Å². The van der Waals surface area contributed by atoms with Gasteiger partial charge < -0.3 is 8.80 Å². The zero-order chi connectivity index (χ0) is 37.1. The van der Waals surface area contributed by atoms with Crippen LogP contribution in [0.3, 0.4) is 0 Å². The highest BCUT2D eigenvalue weighted by atomic mass is 15.0. The monoisotopic (exact) mass is 708 g/mol. The summed E-state index contributed by atoms with van der Waals surface area (Å²) in [5.41, 5.74) is 11.4. The van der Waals surface area contributed by atoms with E-state index in [0.717, 1.165) is 98.0 Å². The highest BCUT2D eigenvalue weighted by Crippen LogP contribution is 2.50. The van der Waals surface area contributed by atoms with Crippen LogP contribution < -0.4 is 0 Å². The van der Waals surface area contributed by atoms with Crippen molar-refractivity contribution in [3.05, 3.63) is 120 Å². The molecule has 0 spiro atoms. The first kappa shape index (κ1) is 28.8. The molecule has 10 nitrogen and oxygen atoms in total. The van der Waals surface area contributed by atoms with Crippen LogP contribution in [0.1, 0.15) is 22.3 Å². The van der Waals surface area contributed by atoms with E-state index in [9.17, 15) is 21.0 Å². The van der Waals surface area contributed by atoms with Gasteiger partial charge >= 0.3 is 0 Å². The molecule has 0 saturated heterocycles. The molecule has 10 heteroatoms. The van der Waals surface area contributed by atoms with Gasteiger partial charge in [0.15, 0.2) is 0 Å². The van der Waals surface area contributed by atoms with E-state index in [4.69, 9.17) is 19.9 Å². The van der Waals surface area contributed by atoms with E-state index in [0.29, 0.717) is 44.3 Å². The molecule has 0 radical (unpaired) electrons. The largest absolute Gasteiger partial charge is 0.306 e. The number of rotatable bonds is 0. The number of nitriles is 4. The Kier molecular flexibility index (Phi) is 4.96. The normalized spacial score (nSPS) is 12.2. The smallest absolute Gasteiger partial charge is 0.100 e. The SMILES string of the molecule is N#Cc1ccc2c(c1)c1cc(C#N)cc3c4c5nc6c7cccnc7c7ncccc7c6nc5c5c6cc(C#N)cc7c8cc(C#N)ccc8n(c76)c5c4n2c13. The maximum atomic E-state index is 10.4. The Morgan fingerprint density at radius 3 is 1.21 bits per heavy atom. The molecule has 13 rings (SSSR count). The van der Waals surface area contributed by atoms with Gasteiger partial charge in [0.05, 0.1) is 102 Å². The molecule has 0 aliphatic carbocycles. The lowest BCUT2D eigenvalue weighted by Gasteiger charge is -2.11. The van der Waals surface area contributed by atoms with E-state index in [2.05, 4.69) is 33.1 Å². The highest BCUT2D eigenvalue weighted by molar-refractivity contribution is 6.40. The van der Waals surface area contributed by atoms with Crippen LogP contribution in [0.2, 0.25) is 0 Å². The van der Waals surface area contributed by atoms with Gasteiger partial charge in [0.25, 0.3) is 0 Å². The summed E-state index contributed by atoms with van der Waals surface area (Å²) in [4.78, 5) is 20.7. The maximum Gasteiger partial charge on any atom is 0.100 e. The van der Waals surface area contributed by atoms with Crippen LogP contribution in [0, 0.1) is 45.3 Å². The van der Waals surface area contributed by atoms with Gasteiger partial charge in [-0.15, -0.1) is 0 Å². The molecule has 0 fully saturated rings. The summed E-state index contributed by atoms with van der Waals surface area (Å²) < 4.78 is 4.48. The Morgan fingerprint density at radius 1 is 0.375 bits per heavy atom. The van der Waals surface area contributed by atoms with E-state index in [1.54, 1.807) is 12.4 Å². The minimum Gasteiger partial charge on any atom is -0.306 e. The van der Waals surface area contributed by atoms with Crippen molar-refractivity contribution in [2.24, 2.45) is 0 Å². The van der Waals surface area contributed by atoms with Crippen LogP contribution in [0.15, 0.2) is 97.3 Å². The van der Waals surface area contributed by atoms with Gasteiger partial charge in [-0.2, -0.15) is 21.0 Å². The predicted molar refractivity (Wildman–Crippen MR) is 216 cm³/mol. The van der Waals surface area contributed by atoms with E-state index >= 15 is 0 Å². The summed E-state index contributed by atoms with van der Waals surface area (Å²) in [6, 6.07) is 36.1. The fourth-order valence-corrected chi connectivity index (χ4v) is 9.55. The number of fused-ring (bicyclic) bond motifs is 22. The Bertz CT molecular complexity index is 3950. The molecular formula is C46H16N10. The van der Waals surface area contributed by atoms with Crippen LogP contribution in [-0.2, 0) is 0 Å². The molecule has 13 aromatic rings. The Morgan fingerprint density at radius 2 is 0.786 bits per heavy atom. The summed E-state index contributed by atoms with van der Waals surface area (Å²) in [6.45, 7) is 0. The van der Waals surface area contributed by atoms with Gasteiger partial charge in [-0.1, -0.05) is 0 Å². The predicted octanol–water partition coefficient (Wildman–Crippen LogP) is 9.67. The number of aromatic nitrogens is 6. The average Bonchev–Trinajstić information content (AvgIpc) is 3.98. The van der Waals surface area contributed by atoms with Crippen molar-refractivity contribution >= 4 is 120 Å². The minimum atomic E-state index is 0.482. The highest BCUT2D eigenvalue weighted by Gasteiger charge is 2.30. The molecule has 0 unspecified atom stereocenters. The average molecular weight is 709 g/mol. The fraction of sp³-hybridized carbons (Fsp3) is 0. The summed E-state index contributed by atoms with van der Waals surface area (Å²) in [6.07, 6.45) is 3.51. The third-order valence-electron chi connectivity index (χ3n) is 11.6. The standard InChI is InChI=1S/C46H16N10/c47-17-21-5-7-33-27(11-21)29-13-23(19-49)15-31-35-41-42(54-40-26-4-2-10-52-38(26)37-25(39(40)53-41)3-1-9-51-37)36-32-16-24(20-50)14-30-28-12-22(18-48)6-8-34(28)56(44(30)32)46(36)45(35)55(33)43(29)31/h1-16H. The second kappa shape index (κ2) is 9.64. The van der Waals surface area contributed by atoms with Gasteiger partial charge in [0.2, 0.25) is 0 Å². The molecule has 7 heterocycles. The van der Waals surface area contributed by atoms with E-state index in [1.807, 2.05) is 84.9 Å². The molecular weight excluding hydrogens is 693 g/mol. The minimum absolute atomic E-state index is 0.482. The van der Waals surface area contributed by atoms with Crippen LogP contribution in [0.5, 0.6) is 0 Å². The number of pyridine rings is 2. The molecule has 0 atom stereocenters. The molecule has 0 N–H and O–H groups in total. The number of nitrogens with zero attached hydrogens (tertiary/aromatic N) is 10. The molecule has 6 aromatic carbocycles. The van der Waals surface area contributed by atoms with Crippen molar-refractivity contribution in [2.75, 3.05) is 0 Å². The molecule has 0 amide bonds. The first-order chi connectivity index (χ1) is 27.6. The Hall–Kier alpha value is -8.70. The van der Waals surface area contributed by atoms with Crippen LogP contribution >= 0.6 is 0 Å². The summed E-state index contributed by atoms with van der Waals surface area (Å²) >= 11 is 0. The second-order valence-corrected chi connectivity index (χ2v) is 14.3. The third kappa shape index (κ3) is 3.18. The van der Waals surface area contributed by atoms with Crippen molar-refractivity contribution in [1.29, 1.82) is 21.0 Å². The van der Waals surface area contributed by atoms with E-state index < -0.39 is 0 Å². The van der Waals surface area contributed by atoms with Crippen LogP contribution in [-0.4, -0.2) is 28.7 Å². The van der Waals surface area contributed by atoms with Crippen molar-refractivity contribution in [3.63, 3.8) is 0 Å². The van der Waals surface area contributed by atoms with Crippen LogP contribution in [0.25, 0.3) is 120 Å². The van der Waals surface area contributed by atoms with Gasteiger partial charge in [-0.3, -0.25) is 9.97 Å². The van der Waals surface area contributed by atoms with Crippen molar-refractivity contribution < 1.29 is 0 Å². The van der Waals surface area contributed by atoms with Gasteiger partial charge in [0.1, 0.15) is 11.0 Å². The number of hydrogen-bond acceptors (Lipinski definition) is 8. The van der Waals surface area contributed by atoms with E-state index in [-0.39, 0.29) is 0 Å². The lowest BCUT2D eigenvalue weighted by Crippen LogP contribution is -1.96. The second-order valence-electron chi connectivity index (χ2n) is 14.3. The fourth-order valence-electron chi connectivity index (χ4n) is 9.55. The number of benzene rings is 6. The topological polar surface area (TPSA) is 156 Å². The third-order valence-corrected chi connectivity index (χ3v) is 11.6. The quantitative estimate of drug-likeness (QED) is 0.111. The summed E-state index contributed by atoms with van der Waals surface area (Å²) in [5.74, 6) is 0. The van der Waals surface area contributed by atoms with Crippen molar-refractivity contribution in [1.82, 2.24) is 28.7 Å². The van der Waals surface area contributed by atoms with Gasteiger partial charge in [-0.25, -0.2) is 9.97 Å². The van der Waals surface area contributed by atoms with Crippen LogP contribution in [0.4, 0.5) is 0 Å². The molecule has 0 saturated carbocycles. The lowest BCUT2D eigenvalue weighted by molar-refractivity contribution is 1.33. The zero-order valence-corrected chi connectivity index (χ0v) is 28.7.